The van der Waals surface area contributed by atoms with Crippen LogP contribution < -0.4 is 5.32 Å². The summed E-state index contributed by atoms with van der Waals surface area (Å²) in [4.78, 5) is 24.6. The van der Waals surface area contributed by atoms with Gasteiger partial charge in [-0.05, 0) is 6.92 Å². The van der Waals surface area contributed by atoms with Gasteiger partial charge in [-0.1, -0.05) is 0 Å². The predicted molar refractivity (Wildman–Crippen MR) is 92.8 cm³/mol. The number of carbonyl (C=O) groups is 1. The molecule has 2 aromatic rings. The van der Waals surface area contributed by atoms with Crippen molar-refractivity contribution >= 4 is 17.2 Å². The number of rotatable bonds is 5. The van der Waals surface area contributed by atoms with Crippen molar-refractivity contribution in [1.82, 2.24) is 20.3 Å². The lowest BCUT2D eigenvalue weighted by Gasteiger charge is -2.39. The largest absolute Gasteiger partial charge is 0.394 e. The van der Waals surface area contributed by atoms with Gasteiger partial charge in [-0.15, -0.1) is 11.3 Å². The standard InChI is InChI=1S/C16H20N4O6S/c1-7-2-18-8(3-17-7)4-19-15(25)9-6-27-16(20-9)14-13(24)12(23)11(22)10(5-21)26-14/h2-3,6,10-14,21-24H,4-5H2,1H3,(H,19,25)/t10-,11+,12+,13-,14-/m1/s1. The number of aliphatic hydroxyl groups is 4. The smallest absolute Gasteiger partial charge is 0.271 e. The number of nitrogens with zero attached hydrogens (tertiary/aromatic N) is 3. The average Bonchev–Trinajstić information content (AvgIpc) is 3.16. The first-order valence-corrected chi connectivity index (χ1v) is 9.10. The van der Waals surface area contributed by atoms with Crippen molar-refractivity contribution in [2.75, 3.05) is 6.61 Å². The summed E-state index contributed by atoms with van der Waals surface area (Å²) in [7, 11) is 0. The first-order chi connectivity index (χ1) is 12.9. The molecule has 3 heterocycles. The van der Waals surface area contributed by atoms with Gasteiger partial charge < -0.3 is 30.5 Å². The lowest BCUT2D eigenvalue weighted by molar-refractivity contribution is -0.231. The van der Waals surface area contributed by atoms with Gasteiger partial charge in [-0.2, -0.15) is 0 Å². The van der Waals surface area contributed by atoms with Gasteiger partial charge in [0.25, 0.3) is 5.91 Å². The van der Waals surface area contributed by atoms with Crippen LogP contribution >= 0.6 is 11.3 Å². The molecule has 1 saturated heterocycles. The Labute approximate surface area is 158 Å². The Morgan fingerprint density at radius 2 is 2.00 bits per heavy atom. The molecule has 5 atom stereocenters. The highest BCUT2D eigenvalue weighted by molar-refractivity contribution is 7.09. The van der Waals surface area contributed by atoms with E-state index in [4.69, 9.17) is 4.74 Å². The van der Waals surface area contributed by atoms with E-state index in [0.717, 1.165) is 17.0 Å². The average molecular weight is 396 g/mol. The normalized spacial score (nSPS) is 28.1. The van der Waals surface area contributed by atoms with E-state index in [1.165, 1.54) is 5.38 Å². The number of aliphatic hydroxyl groups excluding tert-OH is 4. The lowest BCUT2D eigenvalue weighted by atomic mass is 9.95. The fourth-order valence-electron chi connectivity index (χ4n) is 2.60. The van der Waals surface area contributed by atoms with E-state index in [1.54, 1.807) is 12.4 Å². The van der Waals surface area contributed by atoms with Crippen LogP contribution in [0.5, 0.6) is 0 Å². The number of aryl methyl sites for hydroxylation is 1. The Morgan fingerprint density at radius 3 is 2.67 bits per heavy atom. The Bertz CT molecular complexity index is 783. The first kappa shape index (κ1) is 19.7. The molecule has 10 nitrogen and oxygen atoms in total. The number of hydrogen-bond acceptors (Lipinski definition) is 10. The van der Waals surface area contributed by atoms with E-state index in [1.807, 2.05) is 6.92 Å². The molecule has 27 heavy (non-hydrogen) atoms. The number of ether oxygens (including phenoxy) is 1. The topological polar surface area (TPSA) is 158 Å². The van der Waals surface area contributed by atoms with Crippen molar-refractivity contribution in [2.45, 2.75) is 44.0 Å². The maximum atomic E-state index is 12.3. The molecule has 0 radical (unpaired) electrons. The summed E-state index contributed by atoms with van der Waals surface area (Å²) >= 11 is 1.07. The molecule has 1 amide bonds. The molecular weight excluding hydrogens is 376 g/mol. The van der Waals surface area contributed by atoms with E-state index in [0.29, 0.717) is 5.69 Å². The summed E-state index contributed by atoms with van der Waals surface area (Å²) in [5.74, 6) is -0.440. The molecule has 0 bridgehead atoms. The zero-order valence-corrected chi connectivity index (χ0v) is 15.2. The van der Waals surface area contributed by atoms with Gasteiger partial charge in [0.1, 0.15) is 41.2 Å². The predicted octanol–water partition coefficient (Wildman–Crippen LogP) is -1.31. The summed E-state index contributed by atoms with van der Waals surface area (Å²) in [5.41, 5.74) is 1.49. The molecule has 5 N–H and O–H groups in total. The molecule has 1 fully saturated rings. The van der Waals surface area contributed by atoms with Gasteiger partial charge in [0, 0.05) is 11.6 Å². The Balaban J connectivity index is 1.66. The zero-order chi connectivity index (χ0) is 19.6. The second-order valence-corrected chi connectivity index (χ2v) is 7.04. The minimum absolute atomic E-state index is 0.118. The molecule has 1 aliphatic rings. The van der Waals surface area contributed by atoms with Crippen molar-refractivity contribution in [3.8, 4) is 0 Å². The Kier molecular flexibility index (Phi) is 6.09. The van der Waals surface area contributed by atoms with E-state index >= 15 is 0 Å². The van der Waals surface area contributed by atoms with Crippen LogP contribution in [0.4, 0.5) is 0 Å². The molecule has 146 valence electrons. The lowest BCUT2D eigenvalue weighted by Crippen LogP contribution is -2.55. The molecule has 2 aromatic heterocycles. The first-order valence-electron chi connectivity index (χ1n) is 8.22. The second-order valence-electron chi connectivity index (χ2n) is 6.15. The quantitative estimate of drug-likeness (QED) is 0.413. The van der Waals surface area contributed by atoms with Crippen LogP contribution in [0.1, 0.15) is 33.0 Å². The van der Waals surface area contributed by atoms with Crippen LogP contribution in [0.2, 0.25) is 0 Å². The molecule has 0 aliphatic carbocycles. The third kappa shape index (κ3) is 4.29. The van der Waals surface area contributed by atoms with Crippen molar-refractivity contribution in [2.24, 2.45) is 0 Å². The minimum Gasteiger partial charge on any atom is -0.394 e. The molecule has 3 rings (SSSR count). The summed E-state index contributed by atoms with van der Waals surface area (Å²) in [5, 5.41) is 43.5. The summed E-state index contributed by atoms with van der Waals surface area (Å²) in [6.07, 6.45) is -3.31. The molecule has 1 aliphatic heterocycles. The van der Waals surface area contributed by atoms with Crippen LogP contribution in [-0.2, 0) is 11.3 Å². The zero-order valence-electron chi connectivity index (χ0n) is 14.4. The number of aromatic nitrogens is 3. The van der Waals surface area contributed by atoms with Crippen LogP contribution in [0, 0.1) is 6.92 Å². The summed E-state index contributed by atoms with van der Waals surface area (Å²) in [6, 6.07) is 0. The van der Waals surface area contributed by atoms with Gasteiger partial charge in [0.05, 0.1) is 30.7 Å². The molecule has 0 unspecified atom stereocenters. The molecule has 0 saturated carbocycles. The van der Waals surface area contributed by atoms with Gasteiger partial charge in [-0.3, -0.25) is 14.8 Å². The molecular formula is C16H20N4O6S. The van der Waals surface area contributed by atoms with Gasteiger partial charge in [0.2, 0.25) is 0 Å². The van der Waals surface area contributed by atoms with E-state index in [2.05, 4.69) is 20.3 Å². The number of carbonyl (C=O) groups excluding carboxylic acids is 1. The second kappa shape index (κ2) is 8.33. The summed E-state index contributed by atoms with van der Waals surface area (Å²) in [6.45, 7) is 1.46. The highest BCUT2D eigenvalue weighted by Crippen LogP contribution is 2.33. The third-order valence-electron chi connectivity index (χ3n) is 4.15. The molecule has 0 aromatic carbocycles. The molecule has 11 heteroatoms. The van der Waals surface area contributed by atoms with Crippen LogP contribution in [0.15, 0.2) is 17.8 Å². The number of thiazole rings is 1. The van der Waals surface area contributed by atoms with E-state index in [-0.39, 0.29) is 17.2 Å². The fraction of sp³-hybridized carbons (Fsp3) is 0.500. The third-order valence-corrected chi connectivity index (χ3v) is 5.06. The van der Waals surface area contributed by atoms with Crippen LogP contribution in [-0.4, -0.2) is 72.3 Å². The van der Waals surface area contributed by atoms with Crippen molar-refractivity contribution in [1.29, 1.82) is 0 Å². The van der Waals surface area contributed by atoms with E-state index in [9.17, 15) is 25.2 Å². The van der Waals surface area contributed by atoms with Crippen molar-refractivity contribution in [3.05, 3.63) is 39.9 Å². The van der Waals surface area contributed by atoms with Crippen LogP contribution in [0.25, 0.3) is 0 Å². The van der Waals surface area contributed by atoms with Gasteiger partial charge >= 0.3 is 0 Å². The number of nitrogens with one attached hydrogen (secondary N) is 1. The van der Waals surface area contributed by atoms with Crippen LogP contribution in [0.3, 0.4) is 0 Å². The maximum Gasteiger partial charge on any atom is 0.271 e. The van der Waals surface area contributed by atoms with E-state index < -0.39 is 43.0 Å². The Hall–Kier alpha value is -2.02. The Morgan fingerprint density at radius 1 is 1.22 bits per heavy atom. The number of amides is 1. The minimum atomic E-state index is -1.50. The van der Waals surface area contributed by atoms with Crippen molar-refractivity contribution in [3.63, 3.8) is 0 Å². The SMILES string of the molecule is Cc1cnc(CNC(=O)c2csc([C@@H]3O[C@H](CO)[C@H](O)[C@H](O)[C@H]3O)n2)cn1. The fourth-order valence-corrected chi connectivity index (χ4v) is 3.47. The summed E-state index contributed by atoms with van der Waals surface area (Å²) < 4.78 is 5.44. The van der Waals surface area contributed by atoms with Gasteiger partial charge in [-0.25, -0.2) is 4.98 Å². The molecule has 0 spiro atoms. The highest BCUT2D eigenvalue weighted by atomic mass is 32.1. The highest BCUT2D eigenvalue weighted by Gasteiger charge is 2.45. The maximum absolute atomic E-state index is 12.3. The number of hydrogen-bond donors (Lipinski definition) is 5. The van der Waals surface area contributed by atoms with Gasteiger partial charge in [0.15, 0.2) is 0 Å². The van der Waals surface area contributed by atoms with Crippen molar-refractivity contribution < 1.29 is 30.0 Å². The monoisotopic (exact) mass is 396 g/mol.